The summed E-state index contributed by atoms with van der Waals surface area (Å²) in [5, 5.41) is 3.10. The van der Waals surface area contributed by atoms with Crippen molar-refractivity contribution < 1.29 is 9.47 Å². The van der Waals surface area contributed by atoms with Crippen LogP contribution in [-0.2, 0) is 11.3 Å². The maximum absolute atomic E-state index is 5.94. The number of hydrogen-bond donors (Lipinski definition) is 2. The molecule has 0 fully saturated rings. The Kier molecular flexibility index (Phi) is 15.5. The van der Waals surface area contributed by atoms with Gasteiger partial charge in [0.2, 0.25) is 0 Å². The molecule has 0 saturated heterocycles. The first kappa shape index (κ1) is 24.9. The highest BCUT2D eigenvalue weighted by Crippen LogP contribution is 2.18. The fourth-order valence-electron chi connectivity index (χ4n) is 2.36. The van der Waals surface area contributed by atoms with Crippen LogP contribution < -0.4 is 15.8 Å². The van der Waals surface area contributed by atoms with E-state index in [0.717, 1.165) is 57.1 Å². The van der Waals surface area contributed by atoms with Gasteiger partial charge in [0.15, 0.2) is 5.96 Å². The number of halogens is 1. The zero-order valence-electron chi connectivity index (χ0n) is 16.4. The molecular weight excluding hydrogens is 443 g/mol. The molecule has 0 radical (unpaired) electrons. The molecule has 26 heavy (non-hydrogen) atoms. The zero-order valence-corrected chi connectivity index (χ0v) is 18.7. The van der Waals surface area contributed by atoms with E-state index in [-0.39, 0.29) is 24.0 Å². The van der Waals surface area contributed by atoms with Gasteiger partial charge >= 0.3 is 0 Å². The minimum Gasteiger partial charge on any atom is -0.492 e. The molecule has 6 nitrogen and oxygen atoms in total. The smallest absolute Gasteiger partial charge is 0.188 e. The van der Waals surface area contributed by atoms with Crippen molar-refractivity contribution in [3.63, 3.8) is 0 Å². The van der Waals surface area contributed by atoms with Crippen molar-refractivity contribution >= 4 is 29.9 Å². The van der Waals surface area contributed by atoms with Gasteiger partial charge in [0, 0.05) is 31.9 Å². The predicted molar refractivity (Wildman–Crippen MR) is 120 cm³/mol. The second-order valence-electron chi connectivity index (χ2n) is 5.66. The normalized spacial score (nSPS) is 11.3. The first-order valence-electron chi connectivity index (χ1n) is 9.25. The number of benzene rings is 1. The molecule has 0 aliphatic carbocycles. The Balaban J connectivity index is 0.00000625. The van der Waals surface area contributed by atoms with E-state index in [1.165, 1.54) is 0 Å². The Hall–Kier alpha value is -1.06. The van der Waals surface area contributed by atoms with Crippen LogP contribution in [0.5, 0.6) is 5.75 Å². The summed E-state index contributed by atoms with van der Waals surface area (Å²) in [6.45, 7) is 12.7. The van der Waals surface area contributed by atoms with Crippen molar-refractivity contribution in [2.45, 2.75) is 33.7 Å². The van der Waals surface area contributed by atoms with Gasteiger partial charge in [-0.25, -0.2) is 4.99 Å². The van der Waals surface area contributed by atoms with Crippen LogP contribution in [0.1, 0.15) is 32.8 Å². The molecule has 0 atom stereocenters. The highest BCUT2D eigenvalue weighted by molar-refractivity contribution is 14.0. The van der Waals surface area contributed by atoms with Gasteiger partial charge < -0.3 is 25.4 Å². The predicted octanol–water partition coefficient (Wildman–Crippen LogP) is 2.86. The van der Waals surface area contributed by atoms with Gasteiger partial charge in [-0.05, 0) is 32.5 Å². The number of rotatable bonds is 13. The van der Waals surface area contributed by atoms with Crippen LogP contribution in [0.4, 0.5) is 0 Å². The van der Waals surface area contributed by atoms with Crippen LogP contribution in [0.2, 0.25) is 0 Å². The largest absolute Gasteiger partial charge is 0.492 e. The number of nitrogens with two attached hydrogens (primary N) is 1. The molecular formula is C19H35IN4O2. The van der Waals surface area contributed by atoms with Crippen molar-refractivity contribution in [3.8, 4) is 5.75 Å². The second-order valence-corrected chi connectivity index (χ2v) is 5.66. The summed E-state index contributed by atoms with van der Waals surface area (Å²) >= 11 is 0. The highest BCUT2D eigenvalue weighted by Gasteiger charge is 2.04. The van der Waals surface area contributed by atoms with Crippen molar-refractivity contribution in [3.05, 3.63) is 29.8 Å². The average molecular weight is 478 g/mol. The van der Waals surface area contributed by atoms with Crippen molar-refractivity contribution in [1.82, 2.24) is 10.2 Å². The van der Waals surface area contributed by atoms with Gasteiger partial charge in [-0.3, -0.25) is 0 Å². The minimum absolute atomic E-state index is 0. The molecule has 0 unspecified atom stereocenters. The summed E-state index contributed by atoms with van der Waals surface area (Å²) in [6.07, 6.45) is 0.912. The van der Waals surface area contributed by atoms with E-state index in [0.29, 0.717) is 19.1 Å². The minimum atomic E-state index is 0. The second kappa shape index (κ2) is 16.1. The maximum Gasteiger partial charge on any atom is 0.188 e. The fraction of sp³-hybridized carbons (Fsp3) is 0.632. The quantitative estimate of drug-likeness (QED) is 0.198. The monoisotopic (exact) mass is 478 g/mol. The lowest BCUT2D eigenvalue weighted by molar-refractivity contribution is 0.145. The molecule has 0 spiro atoms. The number of hydrogen-bond acceptors (Lipinski definition) is 4. The number of aliphatic imine (C=N–C) groups is 1. The summed E-state index contributed by atoms with van der Waals surface area (Å²) in [5.74, 6) is 1.33. The van der Waals surface area contributed by atoms with Crippen LogP contribution >= 0.6 is 24.0 Å². The van der Waals surface area contributed by atoms with Gasteiger partial charge in [0.05, 0.1) is 6.54 Å². The molecule has 1 rings (SSSR count). The Labute approximate surface area is 175 Å². The molecule has 0 heterocycles. The molecule has 7 heteroatoms. The van der Waals surface area contributed by atoms with E-state index in [2.05, 4.69) is 29.1 Å². The van der Waals surface area contributed by atoms with Gasteiger partial charge in [0.25, 0.3) is 0 Å². The molecule has 1 aromatic rings. The molecule has 0 aliphatic rings. The Bertz CT molecular complexity index is 496. The lowest BCUT2D eigenvalue weighted by Crippen LogP contribution is -2.32. The highest BCUT2D eigenvalue weighted by atomic mass is 127. The third-order valence-electron chi connectivity index (χ3n) is 3.93. The summed E-state index contributed by atoms with van der Waals surface area (Å²) in [6, 6.07) is 7.99. The molecule has 1 aromatic carbocycles. The van der Waals surface area contributed by atoms with E-state index in [4.69, 9.17) is 15.2 Å². The van der Waals surface area contributed by atoms with Crippen molar-refractivity contribution in [1.29, 1.82) is 0 Å². The number of likely N-dealkylation sites (N-methyl/N-ethyl adjacent to an activating group) is 1. The van der Waals surface area contributed by atoms with Gasteiger partial charge in [-0.1, -0.05) is 32.0 Å². The maximum atomic E-state index is 5.94. The number of guanidine groups is 1. The lowest BCUT2D eigenvalue weighted by atomic mass is 10.2. The Morgan fingerprint density at radius 2 is 1.88 bits per heavy atom. The van der Waals surface area contributed by atoms with E-state index < -0.39 is 0 Å². The van der Waals surface area contributed by atoms with E-state index in [9.17, 15) is 0 Å². The summed E-state index contributed by atoms with van der Waals surface area (Å²) in [7, 11) is 0. The van der Waals surface area contributed by atoms with Crippen molar-refractivity contribution in [2.24, 2.45) is 10.7 Å². The molecule has 150 valence electrons. The summed E-state index contributed by atoms with van der Waals surface area (Å²) < 4.78 is 11.2. The number of nitrogens with one attached hydrogen (secondary N) is 1. The lowest BCUT2D eigenvalue weighted by Gasteiger charge is -2.18. The first-order chi connectivity index (χ1) is 12.2. The third kappa shape index (κ3) is 10.8. The van der Waals surface area contributed by atoms with Gasteiger partial charge in [-0.2, -0.15) is 0 Å². The van der Waals surface area contributed by atoms with E-state index >= 15 is 0 Å². The first-order valence-corrected chi connectivity index (χ1v) is 9.25. The number of nitrogens with zero attached hydrogens (tertiary/aromatic N) is 2. The van der Waals surface area contributed by atoms with E-state index in [1.807, 2.05) is 31.2 Å². The van der Waals surface area contributed by atoms with Crippen LogP contribution in [-0.4, -0.2) is 56.9 Å². The van der Waals surface area contributed by atoms with Crippen LogP contribution in [0, 0.1) is 0 Å². The standard InChI is InChI=1S/C19H34N4O2.HI/c1-4-23(5-2)13-15-25-18-11-8-7-10-17(18)16-22-19(20)21-12-9-14-24-6-3;/h7-8,10-11H,4-6,9,12-16H2,1-3H3,(H3,20,21,22);1H. The Morgan fingerprint density at radius 1 is 1.15 bits per heavy atom. The molecule has 3 N–H and O–H groups in total. The zero-order chi connectivity index (χ0) is 18.3. The molecule has 0 aliphatic heterocycles. The van der Waals surface area contributed by atoms with Crippen LogP contribution in [0.15, 0.2) is 29.3 Å². The van der Waals surface area contributed by atoms with E-state index in [1.54, 1.807) is 0 Å². The Morgan fingerprint density at radius 3 is 2.58 bits per heavy atom. The molecule has 0 saturated carbocycles. The molecule has 0 amide bonds. The summed E-state index contributed by atoms with van der Waals surface area (Å²) in [4.78, 5) is 6.74. The summed E-state index contributed by atoms with van der Waals surface area (Å²) in [5.41, 5.74) is 6.96. The molecule has 0 bridgehead atoms. The van der Waals surface area contributed by atoms with Crippen LogP contribution in [0.25, 0.3) is 0 Å². The fourth-order valence-corrected chi connectivity index (χ4v) is 2.36. The number of para-hydroxylation sites is 1. The topological polar surface area (TPSA) is 72.1 Å². The van der Waals surface area contributed by atoms with Crippen LogP contribution in [0.3, 0.4) is 0 Å². The van der Waals surface area contributed by atoms with Gasteiger partial charge in [-0.15, -0.1) is 24.0 Å². The van der Waals surface area contributed by atoms with Gasteiger partial charge in [0.1, 0.15) is 12.4 Å². The third-order valence-corrected chi connectivity index (χ3v) is 3.93. The molecule has 0 aromatic heterocycles. The average Bonchev–Trinajstić information content (AvgIpc) is 2.64. The van der Waals surface area contributed by atoms with Crippen molar-refractivity contribution in [2.75, 3.05) is 46.0 Å². The SMILES string of the molecule is CCOCCCNC(N)=NCc1ccccc1OCCN(CC)CC.I. The number of ether oxygens (including phenoxy) is 2.